The van der Waals surface area contributed by atoms with E-state index in [1.807, 2.05) is 0 Å². The molecular formula is C44H47N5O15S. The van der Waals surface area contributed by atoms with Crippen LogP contribution in [0.15, 0.2) is 66.7 Å². The number of ether oxygens (including phenoxy) is 4. The van der Waals surface area contributed by atoms with E-state index >= 15 is 0 Å². The number of benzene rings is 3. The Kier molecular flexibility index (Phi) is 15.7. The molecule has 20 nitrogen and oxygen atoms in total. The first-order chi connectivity index (χ1) is 30.7. The number of fused-ring (bicyclic) bond motifs is 1. The van der Waals surface area contributed by atoms with Gasteiger partial charge in [-0.05, 0) is 56.5 Å². The monoisotopic (exact) mass is 917 g/mol. The van der Waals surface area contributed by atoms with Crippen molar-refractivity contribution in [3.63, 3.8) is 0 Å². The predicted octanol–water partition coefficient (Wildman–Crippen LogP) is 2.53. The van der Waals surface area contributed by atoms with Crippen LogP contribution in [-0.4, -0.2) is 116 Å². The Balaban J connectivity index is 1.36. The molecule has 4 N–H and O–H groups in total. The fourth-order valence-electron chi connectivity index (χ4n) is 7.20. The molecule has 2 heterocycles. The van der Waals surface area contributed by atoms with Gasteiger partial charge in [0.05, 0.1) is 17.7 Å². The lowest BCUT2D eigenvalue weighted by Gasteiger charge is -2.44. The number of nitrogens with one attached hydrogen (secondary N) is 3. The number of carbonyl (C=O) groups is 10. The van der Waals surface area contributed by atoms with E-state index in [1.54, 1.807) is 44.2 Å². The van der Waals surface area contributed by atoms with Crippen molar-refractivity contribution in [2.75, 3.05) is 19.6 Å². The number of β-lactam (4-membered cyclic amide) rings is 1. The molecule has 0 bridgehead atoms. The summed E-state index contributed by atoms with van der Waals surface area (Å²) in [7, 11) is 0. The average molecular weight is 918 g/mol. The quantitative estimate of drug-likeness (QED) is 0.0618. The first kappa shape index (κ1) is 48.7. The molecule has 2 aliphatic rings. The molecule has 0 radical (unpaired) electrons. The van der Waals surface area contributed by atoms with Crippen LogP contribution >= 0.6 is 11.8 Å². The van der Waals surface area contributed by atoms with Gasteiger partial charge >= 0.3 is 29.8 Å². The molecule has 5 rings (SSSR count). The summed E-state index contributed by atoms with van der Waals surface area (Å²) in [6.07, 6.45) is 0.347. The minimum atomic E-state index is -1.40. The maximum absolute atomic E-state index is 14.4. The van der Waals surface area contributed by atoms with Crippen molar-refractivity contribution >= 4 is 71.1 Å². The molecule has 344 valence electrons. The summed E-state index contributed by atoms with van der Waals surface area (Å²) in [6, 6.07) is 12.5. The second-order valence-electron chi connectivity index (χ2n) is 15.3. The molecule has 3 aromatic carbocycles. The van der Waals surface area contributed by atoms with Gasteiger partial charge < -0.3 is 49.8 Å². The number of thioether (sulfide) groups is 1. The zero-order valence-electron chi connectivity index (χ0n) is 36.2. The maximum Gasteiger partial charge on any atom is 0.327 e. The summed E-state index contributed by atoms with van der Waals surface area (Å²) >= 11 is 1.23. The molecule has 1 unspecified atom stereocenters. The van der Waals surface area contributed by atoms with Gasteiger partial charge in [0.15, 0.2) is 23.0 Å². The van der Waals surface area contributed by atoms with Crippen LogP contribution in [0.5, 0.6) is 23.0 Å². The standard InChI is InChI=1S/C44H47N5O15S/c1-23(50)61-30-18-12-16-28(35(30)63-25(3)52)38(55)45-20-10-11-21-48(40(57)29-17-13-19-31(62-24(2)51)36(29)64-26(4)53)22-32(54)46-33(27-14-8-7-9-15-27)39(56)47-34-41(58)49-37(43(59)60)44(5,6)65-42(34)49/h7-9,12-19,33-34,37,42H,10-11,20-22H2,1-6H3,(H,45,55)(H,46,54)(H,47,56)(H,59,60)/t33-,34-,37+,42?/m1/s1. The summed E-state index contributed by atoms with van der Waals surface area (Å²) in [5.41, 5.74) is -0.0444. The molecule has 2 aliphatic heterocycles. The molecule has 2 saturated heterocycles. The summed E-state index contributed by atoms with van der Waals surface area (Å²) in [6.45, 7) is 6.96. The van der Waals surface area contributed by atoms with Gasteiger partial charge in [0.2, 0.25) is 17.7 Å². The van der Waals surface area contributed by atoms with Gasteiger partial charge in [-0.3, -0.25) is 43.2 Å². The van der Waals surface area contributed by atoms with Crippen molar-refractivity contribution in [2.24, 2.45) is 0 Å². The Labute approximate surface area is 376 Å². The van der Waals surface area contributed by atoms with Crippen LogP contribution in [0, 0.1) is 0 Å². The van der Waals surface area contributed by atoms with E-state index in [1.165, 1.54) is 53.1 Å². The normalized spacial score (nSPS) is 17.2. The number of unbranched alkanes of at least 4 members (excludes halogenated alkanes) is 1. The second-order valence-corrected chi connectivity index (χ2v) is 17.1. The number of aliphatic carboxylic acids is 1. The lowest BCUT2D eigenvalue weighted by atomic mass is 9.95. The lowest BCUT2D eigenvalue weighted by Crippen LogP contribution is -2.71. The Morgan fingerprint density at radius 3 is 1.86 bits per heavy atom. The van der Waals surface area contributed by atoms with Crippen LogP contribution in [0.4, 0.5) is 0 Å². The summed E-state index contributed by atoms with van der Waals surface area (Å²) in [5.74, 6) is -9.12. The number of rotatable bonds is 18. The van der Waals surface area contributed by atoms with Gasteiger partial charge in [-0.1, -0.05) is 42.5 Å². The number of esters is 4. The smallest absolute Gasteiger partial charge is 0.327 e. The average Bonchev–Trinajstić information content (AvgIpc) is 3.49. The van der Waals surface area contributed by atoms with E-state index in [2.05, 4.69) is 16.0 Å². The SMILES string of the molecule is CC(=O)Oc1cccc(C(=O)NCCCCN(CC(=O)N[C@@H](C(=O)N[C@@H]2C(=O)N3C2SC(C)(C)[C@@H]3C(=O)O)c2ccccc2)C(=O)c2cccc(OC(C)=O)c2OC(C)=O)c1OC(C)=O. The lowest BCUT2D eigenvalue weighted by molar-refractivity contribution is -0.161. The molecule has 2 fully saturated rings. The van der Waals surface area contributed by atoms with Crippen LogP contribution in [0.3, 0.4) is 0 Å². The van der Waals surface area contributed by atoms with Crippen molar-refractivity contribution in [3.8, 4) is 23.0 Å². The highest BCUT2D eigenvalue weighted by Gasteiger charge is 2.64. The Morgan fingerprint density at radius 1 is 0.754 bits per heavy atom. The third-order valence-corrected chi connectivity index (χ3v) is 11.4. The zero-order valence-corrected chi connectivity index (χ0v) is 37.0. The van der Waals surface area contributed by atoms with Gasteiger partial charge in [-0.15, -0.1) is 11.8 Å². The largest absolute Gasteiger partial charge is 0.480 e. The molecular weight excluding hydrogens is 871 g/mol. The van der Waals surface area contributed by atoms with Crippen LogP contribution < -0.4 is 34.9 Å². The third-order valence-electron chi connectivity index (χ3n) is 9.87. The van der Waals surface area contributed by atoms with E-state index in [4.69, 9.17) is 18.9 Å². The maximum atomic E-state index is 14.4. The summed E-state index contributed by atoms with van der Waals surface area (Å²) in [4.78, 5) is 131. The number of nitrogens with zero attached hydrogens (tertiary/aromatic N) is 2. The molecule has 0 saturated carbocycles. The number of hydrogen-bond acceptors (Lipinski definition) is 15. The number of hydrogen-bond donors (Lipinski definition) is 4. The summed E-state index contributed by atoms with van der Waals surface area (Å²) < 4.78 is 19.9. The van der Waals surface area contributed by atoms with Crippen molar-refractivity contribution < 1.29 is 72.0 Å². The van der Waals surface area contributed by atoms with E-state index in [0.29, 0.717) is 5.56 Å². The number of carboxylic acids is 1. The van der Waals surface area contributed by atoms with E-state index in [-0.39, 0.29) is 54.3 Å². The van der Waals surface area contributed by atoms with Crippen molar-refractivity contribution in [2.45, 2.75) is 82.6 Å². The Hall–Kier alpha value is -7.29. The Bertz CT molecular complexity index is 2410. The van der Waals surface area contributed by atoms with Gasteiger partial charge in [-0.2, -0.15) is 0 Å². The van der Waals surface area contributed by atoms with Gasteiger partial charge in [0, 0.05) is 45.5 Å². The highest BCUT2D eigenvalue weighted by Crippen LogP contribution is 2.51. The van der Waals surface area contributed by atoms with Gasteiger partial charge in [0.1, 0.15) is 23.5 Å². The molecule has 0 aliphatic carbocycles. The predicted molar refractivity (Wildman–Crippen MR) is 229 cm³/mol. The zero-order chi connectivity index (χ0) is 47.7. The molecule has 65 heavy (non-hydrogen) atoms. The molecule has 0 aromatic heterocycles. The third kappa shape index (κ3) is 11.8. The molecule has 21 heteroatoms. The fourth-order valence-corrected chi connectivity index (χ4v) is 8.83. The highest BCUT2D eigenvalue weighted by molar-refractivity contribution is 8.01. The van der Waals surface area contributed by atoms with Gasteiger partial charge in [-0.25, -0.2) is 4.79 Å². The highest BCUT2D eigenvalue weighted by atomic mass is 32.2. The van der Waals surface area contributed by atoms with Crippen LogP contribution in [-0.2, 0) is 38.4 Å². The summed E-state index contributed by atoms with van der Waals surface area (Å²) in [5, 5.41) is 17.1. The number of carboxylic acid groups (broad SMARTS) is 1. The molecule has 5 amide bonds. The Morgan fingerprint density at radius 2 is 1.31 bits per heavy atom. The minimum absolute atomic E-state index is 0.00222. The molecule has 3 aromatic rings. The van der Waals surface area contributed by atoms with Crippen LogP contribution in [0.25, 0.3) is 0 Å². The number of carbonyl (C=O) groups excluding carboxylic acids is 9. The first-order valence-electron chi connectivity index (χ1n) is 20.1. The minimum Gasteiger partial charge on any atom is -0.480 e. The fraction of sp³-hybridized carbons (Fsp3) is 0.364. The number of para-hydroxylation sites is 2. The molecule has 4 atom stereocenters. The van der Waals surface area contributed by atoms with Gasteiger partial charge in [0.25, 0.3) is 11.8 Å². The van der Waals surface area contributed by atoms with Crippen molar-refractivity contribution in [1.29, 1.82) is 0 Å². The first-order valence-corrected chi connectivity index (χ1v) is 21.0. The van der Waals surface area contributed by atoms with Crippen molar-refractivity contribution in [1.82, 2.24) is 25.8 Å². The van der Waals surface area contributed by atoms with E-state index in [9.17, 15) is 53.1 Å². The van der Waals surface area contributed by atoms with Crippen molar-refractivity contribution in [3.05, 3.63) is 83.4 Å². The topological polar surface area (TPSA) is 270 Å². The molecule has 0 spiro atoms. The number of amides is 5. The van der Waals surface area contributed by atoms with E-state index in [0.717, 1.165) is 32.6 Å². The van der Waals surface area contributed by atoms with Crippen LogP contribution in [0.2, 0.25) is 0 Å². The van der Waals surface area contributed by atoms with Crippen LogP contribution in [0.1, 0.15) is 86.7 Å². The van der Waals surface area contributed by atoms with E-state index < -0.39 is 99.9 Å². The second kappa shape index (κ2) is 20.9.